The highest BCUT2D eigenvalue weighted by atomic mass is 35.5. The molecule has 0 aliphatic rings. The minimum absolute atomic E-state index is 0.209. The highest BCUT2D eigenvalue weighted by Crippen LogP contribution is 2.25. The lowest BCUT2D eigenvalue weighted by Crippen LogP contribution is -2.11. The minimum Gasteiger partial charge on any atom is -0.322 e. The Labute approximate surface area is 131 Å². The molecule has 1 amide bonds. The first kappa shape index (κ1) is 13.9. The molecule has 6 heteroatoms. The van der Waals surface area contributed by atoms with E-state index in [1.165, 1.54) is 0 Å². The van der Waals surface area contributed by atoms with E-state index < -0.39 is 0 Å². The molecule has 3 rings (SSSR count). The number of anilines is 1. The Kier molecular flexibility index (Phi) is 3.57. The van der Waals surface area contributed by atoms with Crippen LogP contribution in [-0.2, 0) is 7.05 Å². The van der Waals surface area contributed by atoms with Gasteiger partial charge in [-0.1, -0.05) is 23.2 Å². The van der Waals surface area contributed by atoms with Crippen molar-refractivity contribution in [1.82, 2.24) is 9.78 Å². The average Bonchev–Trinajstić information content (AvgIpc) is 2.82. The maximum Gasteiger partial charge on any atom is 0.255 e. The van der Waals surface area contributed by atoms with Crippen LogP contribution in [0.15, 0.2) is 42.6 Å². The molecule has 0 fully saturated rings. The molecule has 0 aliphatic heterocycles. The molecule has 2 aromatic carbocycles. The molecule has 0 spiro atoms. The van der Waals surface area contributed by atoms with Crippen LogP contribution in [0.4, 0.5) is 5.69 Å². The number of benzene rings is 2. The molecule has 0 atom stereocenters. The number of carbonyl (C=O) groups is 1. The predicted octanol–water partition coefficient (Wildman–Crippen LogP) is 4.13. The number of nitrogens with zero attached hydrogens (tertiary/aromatic N) is 2. The van der Waals surface area contributed by atoms with Crippen molar-refractivity contribution in [3.8, 4) is 0 Å². The number of halogens is 2. The van der Waals surface area contributed by atoms with Crippen LogP contribution in [0.25, 0.3) is 10.9 Å². The third-order valence-electron chi connectivity index (χ3n) is 3.06. The number of hydrogen-bond acceptors (Lipinski definition) is 2. The van der Waals surface area contributed by atoms with Crippen molar-refractivity contribution >= 4 is 45.7 Å². The lowest BCUT2D eigenvalue weighted by Gasteiger charge is -2.06. The van der Waals surface area contributed by atoms with Crippen molar-refractivity contribution in [3.63, 3.8) is 0 Å². The smallest absolute Gasteiger partial charge is 0.255 e. The molecule has 0 saturated carbocycles. The number of carbonyl (C=O) groups excluding carboxylic acids is 1. The topological polar surface area (TPSA) is 46.9 Å². The summed E-state index contributed by atoms with van der Waals surface area (Å²) in [6, 6.07) is 10.3. The summed E-state index contributed by atoms with van der Waals surface area (Å²) >= 11 is 11.8. The normalized spacial score (nSPS) is 10.8. The molecular formula is C15H11Cl2N3O. The van der Waals surface area contributed by atoms with E-state index in [-0.39, 0.29) is 5.91 Å². The third-order valence-corrected chi connectivity index (χ3v) is 3.80. The summed E-state index contributed by atoms with van der Waals surface area (Å²) in [4.78, 5) is 12.2. The molecule has 0 bridgehead atoms. The first-order chi connectivity index (χ1) is 10.0. The van der Waals surface area contributed by atoms with Crippen LogP contribution in [0.1, 0.15) is 10.4 Å². The lowest BCUT2D eigenvalue weighted by atomic mass is 10.1. The second kappa shape index (κ2) is 5.39. The molecule has 1 N–H and O–H groups in total. The van der Waals surface area contributed by atoms with Gasteiger partial charge < -0.3 is 5.32 Å². The van der Waals surface area contributed by atoms with Crippen molar-refractivity contribution < 1.29 is 4.79 Å². The molecule has 21 heavy (non-hydrogen) atoms. The first-order valence-corrected chi connectivity index (χ1v) is 6.98. The van der Waals surface area contributed by atoms with Crippen molar-refractivity contribution in [2.45, 2.75) is 0 Å². The predicted molar refractivity (Wildman–Crippen MR) is 85.1 cm³/mol. The van der Waals surface area contributed by atoms with Gasteiger partial charge in [0, 0.05) is 29.9 Å². The van der Waals surface area contributed by atoms with Crippen LogP contribution >= 0.6 is 23.2 Å². The van der Waals surface area contributed by atoms with Crippen molar-refractivity contribution in [2.24, 2.45) is 7.05 Å². The molecule has 1 heterocycles. The van der Waals surface area contributed by atoms with Gasteiger partial charge in [-0.15, -0.1) is 0 Å². The molecular weight excluding hydrogens is 309 g/mol. The van der Waals surface area contributed by atoms with E-state index in [1.54, 1.807) is 35.0 Å². The van der Waals surface area contributed by atoms with Gasteiger partial charge in [0.1, 0.15) is 0 Å². The maximum atomic E-state index is 12.2. The van der Waals surface area contributed by atoms with Gasteiger partial charge in [0.05, 0.1) is 15.6 Å². The Morgan fingerprint density at radius 3 is 2.71 bits per heavy atom. The van der Waals surface area contributed by atoms with E-state index in [0.29, 0.717) is 21.3 Å². The third kappa shape index (κ3) is 2.86. The van der Waals surface area contributed by atoms with E-state index in [1.807, 2.05) is 19.3 Å². The molecule has 1 aromatic heterocycles. The summed E-state index contributed by atoms with van der Waals surface area (Å²) in [5, 5.41) is 8.83. The van der Waals surface area contributed by atoms with Crippen molar-refractivity contribution in [2.75, 3.05) is 5.32 Å². The second-order valence-electron chi connectivity index (χ2n) is 4.66. The van der Waals surface area contributed by atoms with Crippen LogP contribution in [-0.4, -0.2) is 15.7 Å². The van der Waals surface area contributed by atoms with Gasteiger partial charge in [0.2, 0.25) is 0 Å². The van der Waals surface area contributed by atoms with Gasteiger partial charge in [-0.25, -0.2) is 0 Å². The van der Waals surface area contributed by atoms with Gasteiger partial charge in [-0.05, 0) is 36.4 Å². The summed E-state index contributed by atoms with van der Waals surface area (Å²) in [6.07, 6.45) is 1.87. The van der Waals surface area contributed by atoms with Crippen LogP contribution < -0.4 is 5.32 Å². The molecule has 4 nitrogen and oxygen atoms in total. The maximum absolute atomic E-state index is 12.2. The zero-order valence-electron chi connectivity index (χ0n) is 11.1. The number of hydrogen-bond donors (Lipinski definition) is 1. The molecule has 3 aromatic rings. The van der Waals surface area contributed by atoms with Gasteiger partial charge >= 0.3 is 0 Å². The average molecular weight is 320 g/mol. The highest BCUT2D eigenvalue weighted by molar-refractivity contribution is 6.42. The Balaban J connectivity index is 1.87. The van der Waals surface area contributed by atoms with Crippen LogP contribution in [0.3, 0.4) is 0 Å². The zero-order valence-corrected chi connectivity index (χ0v) is 12.6. The summed E-state index contributed by atoms with van der Waals surface area (Å²) < 4.78 is 1.71. The van der Waals surface area contributed by atoms with E-state index in [4.69, 9.17) is 23.2 Å². The SMILES string of the molecule is Cn1cc2cc(C(=O)Nc3ccc(Cl)c(Cl)c3)ccc2n1. The number of aryl methyl sites for hydroxylation is 1. The van der Waals surface area contributed by atoms with Gasteiger partial charge in [0.15, 0.2) is 0 Å². The van der Waals surface area contributed by atoms with Crippen LogP contribution in [0, 0.1) is 0 Å². The summed E-state index contributed by atoms with van der Waals surface area (Å²) in [5.74, 6) is -0.209. The van der Waals surface area contributed by atoms with Crippen molar-refractivity contribution in [3.05, 3.63) is 58.2 Å². The standard InChI is InChI=1S/C15H11Cl2N3O/c1-20-8-10-6-9(2-5-14(10)19-20)15(21)18-11-3-4-12(16)13(17)7-11/h2-8H,1H3,(H,18,21). The number of amides is 1. The Morgan fingerprint density at radius 2 is 1.95 bits per heavy atom. The van der Waals surface area contributed by atoms with Crippen LogP contribution in [0.5, 0.6) is 0 Å². The molecule has 0 saturated heterocycles. The monoisotopic (exact) mass is 319 g/mol. The Morgan fingerprint density at radius 1 is 1.14 bits per heavy atom. The summed E-state index contributed by atoms with van der Waals surface area (Å²) in [6.45, 7) is 0. The number of aromatic nitrogens is 2. The fourth-order valence-corrected chi connectivity index (χ4v) is 2.37. The largest absolute Gasteiger partial charge is 0.322 e. The van der Waals surface area contributed by atoms with Crippen LogP contribution in [0.2, 0.25) is 10.0 Å². The quantitative estimate of drug-likeness (QED) is 0.771. The van der Waals surface area contributed by atoms with E-state index in [9.17, 15) is 4.79 Å². The summed E-state index contributed by atoms with van der Waals surface area (Å²) in [5.41, 5.74) is 2.01. The molecule has 0 aliphatic carbocycles. The van der Waals surface area contributed by atoms with Crippen molar-refractivity contribution in [1.29, 1.82) is 0 Å². The first-order valence-electron chi connectivity index (χ1n) is 6.23. The second-order valence-corrected chi connectivity index (χ2v) is 5.47. The van der Waals surface area contributed by atoms with E-state index in [0.717, 1.165) is 10.9 Å². The van der Waals surface area contributed by atoms with Gasteiger partial charge in [0.25, 0.3) is 5.91 Å². The number of fused-ring (bicyclic) bond motifs is 1. The molecule has 0 radical (unpaired) electrons. The van der Waals surface area contributed by atoms with Gasteiger partial charge in [-0.3, -0.25) is 9.48 Å². The van der Waals surface area contributed by atoms with Gasteiger partial charge in [-0.2, -0.15) is 5.10 Å². The number of rotatable bonds is 2. The Hall–Kier alpha value is -2.04. The van der Waals surface area contributed by atoms with E-state index >= 15 is 0 Å². The zero-order chi connectivity index (χ0) is 15.0. The number of nitrogens with one attached hydrogen (secondary N) is 1. The fraction of sp³-hybridized carbons (Fsp3) is 0.0667. The molecule has 106 valence electrons. The minimum atomic E-state index is -0.209. The molecule has 0 unspecified atom stereocenters. The van der Waals surface area contributed by atoms with E-state index in [2.05, 4.69) is 10.4 Å². The summed E-state index contributed by atoms with van der Waals surface area (Å²) in [7, 11) is 1.84. The lowest BCUT2D eigenvalue weighted by molar-refractivity contribution is 0.102. The Bertz CT molecular complexity index is 842. The fourth-order valence-electron chi connectivity index (χ4n) is 2.07. The highest BCUT2D eigenvalue weighted by Gasteiger charge is 2.09.